The van der Waals surface area contributed by atoms with Crippen LogP contribution in [0.1, 0.15) is 19.4 Å². The molecule has 82 valence electrons. The molecule has 0 aliphatic carbocycles. The summed E-state index contributed by atoms with van der Waals surface area (Å²) in [4.78, 5) is 0. The van der Waals surface area contributed by atoms with Crippen LogP contribution in [0, 0.1) is 0 Å². The highest BCUT2D eigenvalue weighted by Gasteiger charge is 1.98. The lowest BCUT2D eigenvalue weighted by Gasteiger charge is -2.06. The smallest absolute Gasteiger partial charge is 0.0479 e. The van der Waals surface area contributed by atoms with E-state index in [1.165, 1.54) is 0 Å². The van der Waals surface area contributed by atoms with Crippen molar-refractivity contribution in [3.05, 3.63) is 39.3 Å². The van der Waals surface area contributed by atoms with Crippen molar-refractivity contribution in [1.29, 1.82) is 0 Å². The molecule has 1 nitrogen and oxygen atoms in total. The highest BCUT2D eigenvalue weighted by molar-refractivity contribution is 9.10. The molecule has 0 amide bonds. The fourth-order valence-electron chi connectivity index (χ4n) is 1.28. The second kappa shape index (κ2) is 6.31. The maximum absolute atomic E-state index is 6.06. The standard InChI is InChI=1S/C12H15BrClN/c1-3-15-9(2)4-5-10-8-11(13)6-7-12(10)14/h4-9,15H,3H2,1-2H3/b5-4+. The Hall–Kier alpha value is -0.310. The van der Waals surface area contributed by atoms with Gasteiger partial charge in [0.15, 0.2) is 0 Å². The largest absolute Gasteiger partial charge is 0.311 e. The number of hydrogen-bond donors (Lipinski definition) is 1. The van der Waals surface area contributed by atoms with Crippen LogP contribution in [0.25, 0.3) is 6.08 Å². The van der Waals surface area contributed by atoms with Crippen LogP contribution in [0.15, 0.2) is 28.7 Å². The van der Waals surface area contributed by atoms with Crippen LogP contribution in [0.5, 0.6) is 0 Å². The lowest BCUT2D eigenvalue weighted by molar-refractivity contribution is 0.663. The number of rotatable bonds is 4. The molecule has 0 heterocycles. The van der Waals surface area contributed by atoms with Gasteiger partial charge in [0.25, 0.3) is 0 Å². The third-order valence-electron chi connectivity index (χ3n) is 2.05. The molecule has 1 aromatic rings. The first-order valence-corrected chi connectivity index (χ1v) is 6.17. The number of nitrogens with one attached hydrogen (secondary N) is 1. The average molecular weight is 289 g/mol. The predicted molar refractivity (Wildman–Crippen MR) is 71.3 cm³/mol. The highest BCUT2D eigenvalue weighted by atomic mass is 79.9. The van der Waals surface area contributed by atoms with Gasteiger partial charge in [0, 0.05) is 15.5 Å². The van der Waals surface area contributed by atoms with Crippen LogP contribution in [-0.4, -0.2) is 12.6 Å². The van der Waals surface area contributed by atoms with Crippen LogP contribution in [0.4, 0.5) is 0 Å². The molecule has 1 N–H and O–H groups in total. The Morgan fingerprint density at radius 2 is 2.27 bits per heavy atom. The zero-order valence-electron chi connectivity index (χ0n) is 8.93. The van der Waals surface area contributed by atoms with Gasteiger partial charge in [0.2, 0.25) is 0 Å². The monoisotopic (exact) mass is 287 g/mol. The second-order valence-electron chi connectivity index (χ2n) is 3.37. The van der Waals surface area contributed by atoms with E-state index in [2.05, 4.69) is 41.2 Å². The van der Waals surface area contributed by atoms with Crippen molar-refractivity contribution < 1.29 is 0 Å². The summed E-state index contributed by atoms with van der Waals surface area (Å²) < 4.78 is 1.04. The molecule has 0 saturated carbocycles. The van der Waals surface area contributed by atoms with Gasteiger partial charge in [-0.05, 0) is 37.2 Å². The number of likely N-dealkylation sites (N-methyl/N-ethyl adjacent to an activating group) is 1. The molecule has 0 saturated heterocycles. The normalized spacial score (nSPS) is 13.3. The summed E-state index contributed by atoms with van der Waals surface area (Å²) in [5.74, 6) is 0. The number of benzene rings is 1. The lowest BCUT2D eigenvalue weighted by atomic mass is 10.2. The van der Waals surface area contributed by atoms with E-state index in [4.69, 9.17) is 11.6 Å². The van der Waals surface area contributed by atoms with Crippen molar-refractivity contribution in [3.63, 3.8) is 0 Å². The Balaban J connectivity index is 2.75. The summed E-state index contributed by atoms with van der Waals surface area (Å²) in [5, 5.41) is 4.08. The van der Waals surface area contributed by atoms with Gasteiger partial charge >= 0.3 is 0 Å². The van der Waals surface area contributed by atoms with Crippen LogP contribution in [-0.2, 0) is 0 Å². The molecule has 0 aliphatic heterocycles. The van der Waals surface area contributed by atoms with Gasteiger partial charge in [-0.25, -0.2) is 0 Å². The molecular weight excluding hydrogens is 273 g/mol. The number of halogens is 2. The van der Waals surface area contributed by atoms with Gasteiger partial charge in [-0.2, -0.15) is 0 Å². The summed E-state index contributed by atoms with van der Waals surface area (Å²) in [7, 11) is 0. The van der Waals surface area contributed by atoms with Crippen molar-refractivity contribution >= 4 is 33.6 Å². The minimum Gasteiger partial charge on any atom is -0.311 e. The third-order valence-corrected chi connectivity index (χ3v) is 2.89. The lowest BCUT2D eigenvalue weighted by Crippen LogP contribution is -2.22. The van der Waals surface area contributed by atoms with E-state index in [-0.39, 0.29) is 0 Å². The minimum absolute atomic E-state index is 0.366. The van der Waals surface area contributed by atoms with Crippen LogP contribution in [0.2, 0.25) is 5.02 Å². The molecule has 0 spiro atoms. The van der Waals surface area contributed by atoms with Crippen molar-refractivity contribution in [2.75, 3.05) is 6.54 Å². The van der Waals surface area contributed by atoms with Crippen molar-refractivity contribution in [3.8, 4) is 0 Å². The maximum Gasteiger partial charge on any atom is 0.0479 e. The van der Waals surface area contributed by atoms with Gasteiger partial charge in [0.05, 0.1) is 0 Å². The van der Waals surface area contributed by atoms with Crippen LogP contribution >= 0.6 is 27.5 Å². The fraction of sp³-hybridized carbons (Fsp3) is 0.333. The summed E-state index contributed by atoms with van der Waals surface area (Å²) >= 11 is 9.49. The van der Waals surface area contributed by atoms with E-state index in [1.54, 1.807) is 0 Å². The fourth-order valence-corrected chi connectivity index (χ4v) is 1.84. The third kappa shape index (κ3) is 4.37. The Morgan fingerprint density at radius 1 is 1.53 bits per heavy atom. The first-order valence-electron chi connectivity index (χ1n) is 5.00. The van der Waals surface area contributed by atoms with E-state index < -0.39 is 0 Å². The molecule has 1 atom stereocenters. The Labute approximate surface area is 105 Å². The topological polar surface area (TPSA) is 12.0 Å². The molecule has 1 aromatic carbocycles. The molecule has 0 bridgehead atoms. The van der Waals surface area contributed by atoms with E-state index in [1.807, 2.05) is 24.3 Å². The van der Waals surface area contributed by atoms with Crippen molar-refractivity contribution in [2.24, 2.45) is 0 Å². The molecule has 0 aromatic heterocycles. The minimum atomic E-state index is 0.366. The van der Waals surface area contributed by atoms with E-state index in [0.29, 0.717) is 6.04 Å². The molecule has 1 rings (SSSR count). The maximum atomic E-state index is 6.06. The van der Waals surface area contributed by atoms with Crippen molar-refractivity contribution in [1.82, 2.24) is 5.32 Å². The van der Waals surface area contributed by atoms with Crippen LogP contribution in [0.3, 0.4) is 0 Å². The molecule has 0 fully saturated rings. The Bertz CT molecular complexity index is 349. The summed E-state index contributed by atoms with van der Waals surface area (Å²) in [6, 6.07) is 6.21. The van der Waals surface area contributed by atoms with Gasteiger partial charge in [0.1, 0.15) is 0 Å². The zero-order valence-corrected chi connectivity index (χ0v) is 11.3. The molecule has 1 unspecified atom stereocenters. The van der Waals surface area contributed by atoms with Crippen molar-refractivity contribution in [2.45, 2.75) is 19.9 Å². The summed E-state index contributed by atoms with van der Waals surface area (Å²) in [6.07, 6.45) is 4.15. The predicted octanol–water partition coefficient (Wildman–Crippen LogP) is 4.11. The Morgan fingerprint density at radius 3 is 2.93 bits per heavy atom. The van der Waals surface area contributed by atoms with Gasteiger partial charge in [-0.1, -0.05) is 46.6 Å². The van der Waals surface area contributed by atoms with Gasteiger partial charge in [-0.15, -0.1) is 0 Å². The van der Waals surface area contributed by atoms with Gasteiger partial charge in [-0.3, -0.25) is 0 Å². The van der Waals surface area contributed by atoms with E-state index >= 15 is 0 Å². The number of hydrogen-bond acceptors (Lipinski definition) is 1. The summed E-state index contributed by atoms with van der Waals surface area (Å²) in [5.41, 5.74) is 1.04. The summed E-state index contributed by atoms with van der Waals surface area (Å²) in [6.45, 7) is 5.18. The Kier molecular flexibility index (Phi) is 5.37. The quantitative estimate of drug-likeness (QED) is 0.879. The van der Waals surface area contributed by atoms with Crippen LogP contribution < -0.4 is 5.32 Å². The second-order valence-corrected chi connectivity index (χ2v) is 4.69. The zero-order chi connectivity index (χ0) is 11.3. The average Bonchev–Trinajstić information content (AvgIpc) is 2.20. The van der Waals surface area contributed by atoms with E-state index in [0.717, 1.165) is 21.6 Å². The molecule has 0 radical (unpaired) electrons. The SMILES string of the molecule is CCNC(C)/C=C/c1cc(Br)ccc1Cl. The first kappa shape index (κ1) is 12.8. The molecule has 0 aliphatic rings. The molecule has 3 heteroatoms. The van der Waals surface area contributed by atoms with Gasteiger partial charge < -0.3 is 5.32 Å². The highest BCUT2D eigenvalue weighted by Crippen LogP contribution is 2.22. The van der Waals surface area contributed by atoms with E-state index in [9.17, 15) is 0 Å². The molecular formula is C12H15BrClN. The molecule has 15 heavy (non-hydrogen) atoms. The first-order chi connectivity index (χ1) is 7.13.